The Morgan fingerprint density at radius 1 is 1.40 bits per heavy atom. The van der Waals surface area contributed by atoms with Gasteiger partial charge in [0.2, 0.25) is 0 Å². The molecule has 6 heteroatoms. The van der Waals surface area contributed by atoms with Crippen LogP contribution in [0.5, 0.6) is 0 Å². The van der Waals surface area contributed by atoms with E-state index in [1.807, 2.05) is 0 Å². The van der Waals surface area contributed by atoms with E-state index < -0.39 is 17.3 Å². The first kappa shape index (κ1) is 13.8. The van der Waals surface area contributed by atoms with Gasteiger partial charge in [-0.15, -0.1) is 4.91 Å². The maximum absolute atomic E-state index is 11.4. The molecule has 0 rings (SSSR count). The highest BCUT2D eigenvalue weighted by molar-refractivity contribution is 5.67. The van der Waals surface area contributed by atoms with Gasteiger partial charge in [0.1, 0.15) is 5.60 Å². The largest absolute Gasteiger partial charge is 0.439 e. The Morgan fingerprint density at radius 3 is 2.13 bits per heavy atom. The summed E-state index contributed by atoms with van der Waals surface area (Å²) in [6.07, 6.45) is -0.861. The Labute approximate surface area is 89.2 Å². The molecule has 0 aliphatic carbocycles. The summed E-state index contributed by atoms with van der Waals surface area (Å²) in [5, 5.41) is 12.9. The second kappa shape index (κ2) is 4.57. The van der Waals surface area contributed by atoms with Crippen molar-refractivity contribution in [1.29, 1.82) is 0 Å². The molecule has 0 bridgehead atoms. The van der Waals surface area contributed by atoms with Crippen LogP contribution in [-0.2, 0) is 4.74 Å². The summed E-state index contributed by atoms with van der Waals surface area (Å²) < 4.78 is 4.99. The molecule has 88 valence electrons. The average molecular weight is 218 g/mol. The monoisotopic (exact) mass is 218 g/mol. The molecule has 0 fully saturated rings. The SMILES string of the molecule is CCN(N=O)C(=O)OC(C)(C)C(C)(C)O. The number of amides is 1. The van der Waals surface area contributed by atoms with E-state index in [1.54, 1.807) is 20.8 Å². The predicted molar refractivity (Wildman–Crippen MR) is 55.0 cm³/mol. The van der Waals surface area contributed by atoms with Gasteiger partial charge in [-0.25, -0.2) is 4.79 Å². The van der Waals surface area contributed by atoms with Crippen LogP contribution in [0.1, 0.15) is 34.6 Å². The van der Waals surface area contributed by atoms with Crippen molar-refractivity contribution in [1.82, 2.24) is 5.01 Å². The summed E-state index contributed by atoms with van der Waals surface area (Å²) in [6.45, 7) is 7.88. The lowest BCUT2D eigenvalue weighted by Crippen LogP contribution is -2.50. The minimum Gasteiger partial charge on any atom is -0.439 e. The molecule has 15 heavy (non-hydrogen) atoms. The highest BCUT2D eigenvalue weighted by Gasteiger charge is 2.39. The van der Waals surface area contributed by atoms with Gasteiger partial charge in [-0.3, -0.25) is 0 Å². The number of aliphatic hydroxyl groups is 1. The molecule has 0 radical (unpaired) electrons. The van der Waals surface area contributed by atoms with Crippen molar-refractivity contribution in [2.45, 2.75) is 45.8 Å². The van der Waals surface area contributed by atoms with Crippen LogP contribution in [-0.4, -0.2) is 34.0 Å². The third-order valence-electron chi connectivity index (χ3n) is 2.42. The van der Waals surface area contributed by atoms with Gasteiger partial charge in [0.25, 0.3) is 0 Å². The van der Waals surface area contributed by atoms with Gasteiger partial charge in [-0.1, -0.05) is 0 Å². The molecule has 0 spiro atoms. The molecule has 0 saturated carbocycles. The molecule has 1 N–H and O–H groups in total. The van der Waals surface area contributed by atoms with E-state index in [1.165, 1.54) is 13.8 Å². The number of rotatable bonds is 4. The molecule has 0 heterocycles. The normalized spacial score (nSPS) is 12.1. The smallest absolute Gasteiger partial charge is 0.433 e. The molecule has 0 atom stereocenters. The lowest BCUT2D eigenvalue weighted by atomic mass is 9.90. The van der Waals surface area contributed by atoms with Gasteiger partial charge in [0.05, 0.1) is 10.9 Å². The van der Waals surface area contributed by atoms with Gasteiger partial charge in [0, 0.05) is 6.54 Å². The fraction of sp³-hybridized carbons (Fsp3) is 0.889. The van der Waals surface area contributed by atoms with Gasteiger partial charge in [-0.2, -0.15) is 5.01 Å². The van der Waals surface area contributed by atoms with Crippen LogP contribution in [0.2, 0.25) is 0 Å². The van der Waals surface area contributed by atoms with Crippen molar-refractivity contribution >= 4 is 6.09 Å². The minimum atomic E-state index is -1.20. The van der Waals surface area contributed by atoms with Crippen LogP contribution in [0, 0.1) is 4.91 Å². The number of nitroso groups, excluding NO2 is 1. The van der Waals surface area contributed by atoms with Gasteiger partial charge >= 0.3 is 6.09 Å². The first-order chi connectivity index (χ1) is 6.65. The molecular weight excluding hydrogens is 200 g/mol. The Kier molecular flexibility index (Phi) is 4.21. The Balaban J connectivity index is 4.60. The van der Waals surface area contributed by atoms with E-state index >= 15 is 0 Å². The lowest BCUT2D eigenvalue weighted by molar-refractivity contribution is -0.118. The number of carbonyl (C=O) groups is 1. The van der Waals surface area contributed by atoms with Crippen molar-refractivity contribution in [3.63, 3.8) is 0 Å². The van der Waals surface area contributed by atoms with E-state index in [4.69, 9.17) is 4.74 Å². The zero-order chi connectivity index (χ0) is 12.3. The van der Waals surface area contributed by atoms with E-state index in [0.717, 1.165) is 0 Å². The van der Waals surface area contributed by atoms with Crippen molar-refractivity contribution in [3.05, 3.63) is 4.91 Å². The summed E-state index contributed by atoms with van der Waals surface area (Å²) in [5.41, 5.74) is -2.30. The van der Waals surface area contributed by atoms with E-state index in [0.29, 0.717) is 5.01 Å². The number of carbonyl (C=O) groups excluding carboxylic acids is 1. The molecule has 0 saturated heterocycles. The Hall–Kier alpha value is -1.17. The molecule has 0 aromatic rings. The van der Waals surface area contributed by atoms with Crippen LogP contribution in [0.15, 0.2) is 5.29 Å². The molecule has 0 aromatic heterocycles. The lowest BCUT2D eigenvalue weighted by Gasteiger charge is -2.36. The van der Waals surface area contributed by atoms with Crippen molar-refractivity contribution in [3.8, 4) is 0 Å². The maximum atomic E-state index is 11.4. The van der Waals surface area contributed by atoms with Gasteiger partial charge < -0.3 is 9.84 Å². The fourth-order valence-corrected chi connectivity index (χ4v) is 0.616. The third-order valence-corrected chi connectivity index (χ3v) is 2.42. The van der Waals surface area contributed by atoms with Gasteiger partial charge in [0.15, 0.2) is 0 Å². The highest BCUT2D eigenvalue weighted by Crippen LogP contribution is 2.25. The average Bonchev–Trinajstić information content (AvgIpc) is 2.03. The summed E-state index contributed by atoms with van der Waals surface area (Å²) in [4.78, 5) is 21.6. The van der Waals surface area contributed by atoms with Crippen molar-refractivity contribution in [2.24, 2.45) is 5.29 Å². The molecule has 0 aliphatic heterocycles. The molecule has 0 aliphatic rings. The number of hydrogen-bond acceptors (Lipinski definition) is 5. The van der Waals surface area contributed by atoms with E-state index in [-0.39, 0.29) is 6.54 Å². The van der Waals surface area contributed by atoms with Crippen LogP contribution < -0.4 is 0 Å². The summed E-state index contributed by atoms with van der Waals surface area (Å²) in [7, 11) is 0. The summed E-state index contributed by atoms with van der Waals surface area (Å²) in [6, 6.07) is 0. The quantitative estimate of drug-likeness (QED) is 0.575. The molecule has 0 unspecified atom stereocenters. The van der Waals surface area contributed by atoms with Crippen molar-refractivity contribution < 1.29 is 14.6 Å². The van der Waals surface area contributed by atoms with Crippen LogP contribution in [0.3, 0.4) is 0 Å². The Bertz CT molecular complexity index is 245. The third kappa shape index (κ3) is 3.47. The van der Waals surface area contributed by atoms with Crippen LogP contribution in [0.4, 0.5) is 4.79 Å². The molecule has 6 nitrogen and oxygen atoms in total. The summed E-state index contributed by atoms with van der Waals surface area (Å²) >= 11 is 0. The zero-order valence-electron chi connectivity index (χ0n) is 9.77. The molecule has 0 aromatic carbocycles. The number of hydrogen-bond donors (Lipinski definition) is 1. The van der Waals surface area contributed by atoms with E-state index in [9.17, 15) is 14.8 Å². The second-order valence-corrected chi connectivity index (χ2v) is 4.23. The highest BCUT2D eigenvalue weighted by atomic mass is 16.6. The number of nitrogens with zero attached hydrogens (tertiary/aromatic N) is 2. The second-order valence-electron chi connectivity index (χ2n) is 4.23. The number of ether oxygens (including phenoxy) is 1. The fourth-order valence-electron chi connectivity index (χ4n) is 0.616. The van der Waals surface area contributed by atoms with Crippen molar-refractivity contribution in [2.75, 3.05) is 6.54 Å². The maximum Gasteiger partial charge on any atom is 0.433 e. The van der Waals surface area contributed by atoms with Gasteiger partial charge in [-0.05, 0) is 34.6 Å². The minimum absolute atomic E-state index is 0.129. The topological polar surface area (TPSA) is 79.2 Å². The molecular formula is C9H18N2O4. The molecule has 1 amide bonds. The zero-order valence-corrected chi connectivity index (χ0v) is 9.77. The van der Waals surface area contributed by atoms with Crippen LogP contribution in [0.25, 0.3) is 0 Å². The Morgan fingerprint density at radius 2 is 1.87 bits per heavy atom. The summed E-state index contributed by atoms with van der Waals surface area (Å²) in [5.74, 6) is 0. The standard InChI is InChI=1S/C9H18N2O4/c1-6-11(10-14)7(12)15-9(4,5)8(2,3)13/h13H,6H2,1-5H3. The first-order valence-electron chi connectivity index (χ1n) is 4.72. The van der Waals surface area contributed by atoms with E-state index in [2.05, 4.69) is 5.29 Å². The first-order valence-corrected chi connectivity index (χ1v) is 4.72. The predicted octanol–water partition coefficient (Wildman–Crippen LogP) is 1.68. The van der Waals surface area contributed by atoms with Crippen LogP contribution >= 0.6 is 0 Å².